The average Bonchev–Trinajstić information content (AvgIpc) is 3.10. The minimum absolute atomic E-state index is 0.0801. The van der Waals surface area contributed by atoms with Crippen LogP contribution < -0.4 is 4.90 Å². The molecule has 0 unspecified atom stereocenters. The highest BCUT2D eigenvalue weighted by atomic mass is 16.2. The molecular weight excluding hydrogens is 330 g/mol. The molecule has 1 saturated heterocycles. The molecule has 0 radical (unpaired) electrons. The van der Waals surface area contributed by atoms with Gasteiger partial charge in [0.15, 0.2) is 5.69 Å². The van der Waals surface area contributed by atoms with Gasteiger partial charge in [0.05, 0.1) is 17.6 Å². The molecule has 1 aliphatic rings. The molecule has 3 heterocycles. The van der Waals surface area contributed by atoms with Gasteiger partial charge in [-0.25, -0.2) is 4.98 Å². The van der Waals surface area contributed by atoms with Crippen LogP contribution in [0.3, 0.4) is 0 Å². The lowest BCUT2D eigenvalue weighted by atomic mass is 10.2. The highest BCUT2D eigenvalue weighted by Gasteiger charge is 2.26. The van der Waals surface area contributed by atoms with Crippen molar-refractivity contribution in [2.45, 2.75) is 6.92 Å². The second kappa shape index (κ2) is 6.91. The number of hydrogen-bond acceptors (Lipinski definition) is 6. The van der Waals surface area contributed by atoms with Crippen LogP contribution in [0.15, 0.2) is 48.9 Å². The molecule has 4 rings (SSSR count). The topological polar surface area (TPSA) is 80.0 Å². The van der Waals surface area contributed by atoms with E-state index in [1.165, 1.54) is 4.80 Å². The van der Waals surface area contributed by atoms with E-state index in [0.717, 1.165) is 24.6 Å². The van der Waals surface area contributed by atoms with Gasteiger partial charge in [0, 0.05) is 38.6 Å². The monoisotopic (exact) mass is 349 g/mol. The molecule has 132 valence electrons. The van der Waals surface area contributed by atoms with Crippen molar-refractivity contribution >= 4 is 11.7 Å². The number of hydrogen-bond donors (Lipinski definition) is 0. The summed E-state index contributed by atoms with van der Waals surface area (Å²) < 4.78 is 0. The Kier molecular flexibility index (Phi) is 4.30. The lowest BCUT2D eigenvalue weighted by Crippen LogP contribution is -2.49. The number of aryl methyl sites for hydroxylation is 1. The number of rotatable bonds is 3. The first-order valence-electron chi connectivity index (χ1n) is 8.52. The summed E-state index contributed by atoms with van der Waals surface area (Å²) in [5, 5.41) is 8.80. The summed E-state index contributed by atoms with van der Waals surface area (Å²) in [7, 11) is 0. The minimum Gasteiger partial charge on any atom is -0.352 e. The van der Waals surface area contributed by atoms with Crippen molar-refractivity contribution < 1.29 is 4.79 Å². The summed E-state index contributed by atoms with van der Waals surface area (Å²) in [6, 6.07) is 9.59. The van der Waals surface area contributed by atoms with Gasteiger partial charge in [-0.15, -0.1) is 5.10 Å². The van der Waals surface area contributed by atoms with E-state index in [1.54, 1.807) is 18.6 Å². The zero-order valence-corrected chi connectivity index (χ0v) is 14.5. The van der Waals surface area contributed by atoms with Gasteiger partial charge >= 0.3 is 0 Å². The maximum Gasteiger partial charge on any atom is 0.276 e. The van der Waals surface area contributed by atoms with Gasteiger partial charge in [0.25, 0.3) is 5.91 Å². The highest BCUT2D eigenvalue weighted by Crippen LogP contribution is 2.15. The molecule has 2 aromatic heterocycles. The molecule has 8 heteroatoms. The Hall–Kier alpha value is -3.29. The molecule has 1 aromatic carbocycles. The van der Waals surface area contributed by atoms with Gasteiger partial charge in [-0.3, -0.25) is 9.78 Å². The maximum atomic E-state index is 12.9. The first-order valence-corrected chi connectivity index (χ1v) is 8.52. The molecular formula is C18H19N7O. The van der Waals surface area contributed by atoms with Crippen LogP contribution in [0.1, 0.15) is 16.2 Å². The molecule has 1 aliphatic heterocycles. The molecule has 0 atom stereocenters. The number of amides is 1. The minimum atomic E-state index is -0.0801. The van der Waals surface area contributed by atoms with E-state index in [1.807, 2.05) is 42.2 Å². The summed E-state index contributed by atoms with van der Waals surface area (Å²) in [6.07, 6.45) is 5.08. The molecule has 0 N–H and O–H groups in total. The second-order valence-electron chi connectivity index (χ2n) is 6.10. The lowest BCUT2D eigenvalue weighted by Gasteiger charge is -2.34. The van der Waals surface area contributed by atoms with Gasteiger partial charge < -0.3 is 9.80 Å². The largest absolute Gasteiger partial charge is 0.352 e. The highest BCUT2D eigenvalue weighted by molar-refractivity contribution is 5.93. The standard InChI is InChI=1S/C18H19N7O/c1-14-17(22-25(21-14)15-5-3-2-4-6-15)18(26)24-11-9-23(10-12-24)16-13-19-7-8-20-16/h2-8,13H,9-12H2,1H3. The van der Waals surface area contributed by atoms with E-state index in [0.29, 0.717) is 24.5 Å². The summed E-state index contributed by atoms with van der Waals surface area (Å²) >= 11 is 0. The Balaban J connectivity index is 1.47. The van der Waals surface area contributed by atoms with Crippen LogP contribution in [0.2, 0.25) is 0 Å². The fraction of sp³-hybridized carbons (Fsp3) is 0.278. The van der Waals surface area contributed by atoms with Gasteiger partial charge in [0.1, 0.15) is 5.82 Å². The predicted molar refractivity (Wildman–Crippen MR) is 96.2 cm³/mol. The van der Waals surface area contributed by atoms with Crippen LogP contribution >= 0.6 is 0 Å². The van der Waals surface area contributed by atoms with Crippen LogP contribution in [0.5, 0.6) is 0 Å². The van der Waals surface area contributed by atoms with Crippen LogP contribution in [-0.4, -0.2) is 61.9 Å². The fourth-order valence-corrected chi connectivity index (χ4v) is 3.00. The first kappa shape index (κ1) is 16.2. The number of para-hydroxylation sites is 1. The van der Waals surface area contributed by atoms with E-state index < -0.39 is 0 Å². The molecule has 0 aliphatic carbocycles. The molecule has 26 heavy (non-hydrogen) atoms. The third-order valence-corrected chi connectivity index (χ3v) is 4.41. The Morgan fingerprint density at radius 1 is 1.00 bits per heavy atom. The Morgan fingerprint density at radius 2 is 1.77 bits per heavy atom. The second-order valence-corrected chi connectivity index (χ2v) is 6.10. The number of aromatic nitrogens is 5. The van der Waals surface area contributed by atoms with Crippen molar-refractivity contribution in [2.24, 2.45) is 0 Å². The fourth-order valence-electron chi connectivity index (χ4n) is 3.00. The van der Waals surface area contributed by atoms with E-state index in [2.05, 4.69) is 25.1 Å². The van der Waals surface area contributed by atoms with Crippen molar-refractivity contribution in [1.82, 2.24) is 29.9 Å². The number of carbonyl (C=O) groups is 1. The van der Waals surface area contributed by atoms with Crippen molar-refractivity contribution in [3.63, 3.8) is 0 Å². The normalized spacial score (nSPS) is 14.5. The number of piperazine rings is 1. The SMILES string of the molecule is Cc1nn(-c2ccccc2)nc1C(=O)N1CCN(c2cnccn2)CC1. The summed E-state index contributed by atoms with van der Waals surface area (Å²) in [5.74, 6) is 0.759. The molecule has 0 bridgehead atoms. The van der Waals surface area contributed by atoms with Crippen LogP contribution in [0, 0.1) is 6.92 Å². The predicted octanol–water partition coefficient (Wildman–Crippen LogP) is 1.33. The van der Waals surface area contributed by atoms with Crippen LogP contribution in [0.25, 0.3) is 5.69 Å². The van der Waals surface area contributed by atoms with Crippen molar-refractivity contribution in [3.8, 4) is 5.69 Å². The molecule has 1 fully saturated rings. The number of benzene rings is 1. The summed E-state index contributed by atoms with van der Waals surface area (Å²) in [4.78, 5) is 26.7. The smallest absolute Gasteiger partial charge is 0.276 e. The van der Waals surface area contributed by atoms with Gasteiger partial charge in [-0.1, -0.05) is 18.2 Å². The Labute approximate surface area is 151 Å². The summed E-state index contributed by atoms with van der Waals surface area (Å²) in [5.41, 5.74) is 1.87. The Bertz CT molecular complexity index is 886. The quantitative estimate of drug-likeness (QED) is 0.710. The molecule has 8 nitrogen and oxygen atoms in total. The average molecular weight is 349 g/mol. The van der Waals surface area contributed by atoms with E-state index in [4.69, 9.17) is 0 Å². The zero-order chi connectivity index (χ0) is 17.9. The lowest BCUT2D eigenvalue weighted by molar-refractivity contribution is 0.0739. The first-order chi connectivity index (χ1) is 12.7. The van der Waals surface area contributed by atoms with E-state index >= 15 is 0 Å². The molecule has 0 spiro atoms. The van der Waals surface area contributed by atoms with Crippen LogP contribution in [-0.2, 0) is 0 Å². The third-order valence-electron chi connectivity index (χ3n) is 4.41. The number of carbonyl (C=O) groups excluding carboxylic acids is 1. The van der Waals surface area contributed by atoms with Gasteiger partial charge in [0.2, 0.25) is 0 Å². The van der Waals surface area contributed by atoms with Gasteiger partial charge in [-0.2, -0.15) is 9.90 Å². The van der Waals surface area contributed by atoms with E-state index in [9.17, 15) is 4.79 Å². The molecule has 1 amide bonds. The maximum absolute atomic E-state index is 12.9. The Morgan fingerprint density at radius 3 is 2.46 bits per heavy atom. The third kappa shape index (κ3) is 3.13. The zero-order valence-electron chi connectivity index (χ0n) is 14.5. The summed E-state index contributed by atoms with van der Waals surface area (Å²) in [6.45, 7) is 4.49. The van der Waals surface area contributed by atoms with Gasteiger partial charge in [-0.05, 0) is 19.1 Å². The van der Waals surface area contributed by atoms with Crippen molar-refractivity contribution in [3.05, 3.63) is 60.3 Å². The molecule has 0 saturated carbocycles. The number of nitrogens with zero attached hydrogens (tertiary/aromatic N) is 7. The number of anilines is 1. The van der Waals surface area contributed by atoms with Crippen molar-refractivity contribution in [1.29, 1.82) is 0 Å². The van der Waals surface area contributed by atoms with E-state index in [-0.39, 0.29) is 5.91 Å². The molecule has 3 aromatic rings. The van der Waals surface area contributed by atoms with Crippen LogP contribution in [0.4, 0.5) is 5.82 Å². The van der Waals surface area contributed by atoms with Crippen molar-refractivity contribution in [2.75, 3.05) is 31.1 Å².